The number of esters is 1. The molecule has 2 atom stereocenters. The molecule has 0 aromatic carbocycles. The van der Waals surface area contributed by atoms with Gasteiger partial charge in [-0.25, -0.2) is 0 Å². The lowest BCUT2D eigenvalue weighted by Crippen LogP contribution is -2.12. The number of carbonyl (C=O) groups excluding carboxylic acids is 1. The number of hydrogen-bond donors (Lipinski definition) is 0. The van der Waals surface area contributed by atoms with E-state index in [1.54, 1.807) is 6.92 Å². The van der Waals surface area contributed by atoms with Gasteiger partial charge in [0.2, 0.25) is 0 Å². The molecule has 2 unspecified atom stereocenters. The van der Waals surface area contributed by atoms with Crippen LogP contribution in [0, 0.1) is 11.8 Å². The fourth-order valence-corrected chi connectivity index (χ4v) is 1.70. The molecule has 0 N–H and O–H groups in total. The first kappa shape index (κ1) is 14.5. The number of carbonyl (C=O) groups is 1. The van der Waals surface area contributed by atoms with Crippen molar-refractivity contribution in [3.63, 3.8) is 0 Å². The fourth-order valence-electron chi connectivity index (χ4n) is 1.70. The van der Waals surface area contributed by atoms with Crippen LogP contribution in [0.15, 0.2) is 48.6 Å². The van der Waals surface area contributed by atoms with Crippen LogP contribution in [0.25, 0.3) is 0 Å². The molecule has 98 valence electrons. The second kappa shape index (κ2) is 7.70. The van der Waals surface area contributed by atoms with Crippen molar-refractivity contribution in [2.75, 3.05) is 6.61 Å². The first-order valence-corrected chi connectivity index (χ1v) is 6.49. The van der Waals surface area contributed by atoms with Crippen molar-refractivity contribution in [1.82, 2.24) is 0 Å². The quantitative estimate of drug-likeness (QED) is 0.526. The van der Waals surface area contributed by atoms with Crippen molar-refractivity contribution in [2.45, 2.75) is 26.7 Å². The molecule has 0 aliphatic heterocycles. The van der Waals surface area contributed by atoms with Crippen molar-refractivity contribution in [3.8, 4) is 0 Å². The van der Waals surface area contributed by atoms with Gasteiger partial charge in [0.25, 0.3) is 0 Å². The van der Waals surface area contributed by atoms with E-state index in [1.165, 1.54) is 5.57 Å². The zero-order valence-electron chi connectivity index (χ0n) is 11.3. The van der Waals surface area contributed by atoms with E-state index in [-0.39, 0.29) is 11.9 Å². The summed E-state index contributed by atoms with van der Waals surface area (Å²) in [6.45, 7) is 8.18. The Hall–Kier alpha value is -1.57. The minimum Gasteiger partial charge on any atom is -0.465 e. The SMILES string of the molecule is C=CC(COC(=O)CC)CC1=CC=CC(C)C=C1. The molecule has 2 nitrogen and oxygen atoms in total. The van der Waals surface area contributed by atoms with Crippen LogP contribution in [0.1, 0.15) is 26.7 Å². The average molecular weight is 246 g/mol. The van der Waals surface area contributed by atoms with E-state index in [4.69, 9.17) is 4.74 Å². The van der Waals surface area contributed by atoms with Crippen LogP contribution in [0.3, 0.4) is 0 Å². The van der Waals surface area contributed by atoms with E-state index < -0.39 is 0 Å². The van der Waals surface area contributed by atoms with E-state index in [0.717, 1.165) is 6.42 Å². The molecular formula is C16H22O2. The highest BCUT2D eigenvalue weighted by Gasteiger charge is 2.09. The highest BCUT2D eigenvalue weighted by Crippen LogP contribution is 2.18. The Kier molecular flexibility index (Phi) is 6.20. The Morgan fingerprint density at radius 3 is 3.00 bits per heavy atom. The van der Waals surface area contributed by atoms with Crippen molar-refractivity contribution in [3.05, 3.63) is 48.6 Å². The van der Waals surface area contributed by atoms with Crippen LogP contribution in [0.5, 0.6) is 0 Å². The van der Waals surface area contributed by atoms with Gasteiger partial charge in [-0.1, -0.05) is 50.3 Å². The molecule has 0 saturated heterocycles. The number of rotatable bonds is 6. The molecule has 0 heterocycles. The lowest BCUT2D eigenvalue weighted by Gasteiger charge is -2.13. The van der Waals surface area contributed by atoms with E-state index >= 15 is 0 Å². The predicted octanol–water partition coefficient (Wildman–Crippen LogP) is 3.82. The van der Waals surface area contributed by atoms with E-state index in [0.29, 0.717) is 18.9 Å². The maximum absolute atomic E-state index is 11.1. The van der Waals surface area contributed by atoms with Gasteiger partial charge in [-0.15, -0.1) is 6.58 Å². The Morgan fingerprint density at radius 1 is 1.56 bits per heavy atom. The van der Waals surface area contributed by atoms with Crippen LogP contribution < -0.4 is 0 Å². The van der Waals surface area contributed by atoms with Gasteiger partial charge in [0.05, 0.1) is 6.61 Å². The summed E-state index contributed by atoms with van der Waals surface area (Å²) in [6, 6.07) is 0. The third-order valence-corrected chi connectivity index (χ3v) is 2.92. The van der Waals surface area contributed by atoms with Crippen molar-refractivity contribution >= 4 is 5.97 Å². The smallest absolute Gasteiger partial charge is 0.305 e. The van der Waals surface area contributed by atoms with Crippen molar-refractivity contribution in [1.29, 1.82) is 0 Å². The second-order valence-corrected chi connectivity index (χ2v) is 4.58. The predicted molar refractivity (Wildman–Crippen MR) is 75.1 cm³/mol. The van der Waals surface area contributed by atoms with Gasteiger partial charge >= 0.3 is 5.97 Å². The molecule has 0 fully saturated rings. The molecule has 0 saturated carbocycles. The van der Waals surface area contributed by atoms with Crippen LogP contribution in [-0.2, 0) is 9.53 Å². The third kappa shape index (κ3) is 5.17. The van der Waals surface area contributed by atoms with E-state index in [1.807, 2.05) is 6.08 Å². The molecule has 0 aromatic heterocycles. The van der Waals surface area contributed by atoms with Gasteiger partial charge < -0.3 is 4.74 Å². The van der Waals surface area contributed by atoms with Crippen LogP contribution in [0.4, 0.5) is 0 Å². The second-order valence-electron chi connectivity index (χ2n) is 4.58. The molecule has 1 rings (SSSR count). The largest absolute Gasteiger partial charge is 0.465 e. The zero-order chi connectivity index (χ0) is 13.4. The summed E-state index contributed by atoms with van der Waals surface area (Å²) in [5.41, 5.74) is 1.24. The molecule has 2 heteroatoms. The summed E-state index contributed by atoms with van der Waals surface area (Å²) in [6.07, 6.45) is 13.8. The Morgan fingerprint density at radius 2 is 2.33 bits per heavy atom. The maximum Gasteiger partial charge on any atom is 0.305 e. The summed E-state index contributed by atoms with van der Waals surface area (Å²) in [5, 5.41) is 0. The van der Waals surface area contributed by atoms with Gasteiger partial charge in [-0.3, -0.25) is 4.79 Å². The molecular weight excluding hydrogens is 224 g/mol. The monoisotopic (exact) mass is 246 g/mol. The minimum atomic E-state index is -0.152. The standard InChI is InChI=1S/C16H22O2/c1-4-14(12-18-16(17)5-2)11-15-8-6-7-13(3)9-10-15/h4,6-10,13-14H,1,5,11-12H2,2-3H3. The minimum absolute atomic E-state index is 0.152. The molecule has 0 aromatic rings. The Labute approximate surface area is 110 Å². The first-order valence-electron chi connectivity index (χ1n) is 6.49. The summed E-state index contributed by atoms with van der Waals surface area (Å²) in [7, 11) is 0. The van der Waals surface area contributed by atoms with Crippen LogP contribution >= 0.6 is 0 Å². The summed E-state index contributed by atoms with van der Waals surface area (Å²) >= 11 is 0. The molecule has 0 radical (unpaired) electrons. The van der Waals surface area contributed by atoms with Crippen molar-refractivity contribution < 1.29 is 9.53 Å². The van der Waals surface area contributed by atoms with Gasteiger partial charge in [0.15, 0.2) is 0 Å². The summed E-state index contributed by atoms with van der Waals surface area (Å²) < 4.78 is 5.16. The van der Waals surface area contributed by atoms with Gasteiger partial charge in [0.1, 0.15) is 0 Å². The van der Waals surface area contributed by atoms with Crippen molar-refractivity contribution in [2.24, 2.45) is 11.8 Å². The first-order chi connectivity index (χ1) is 8.65. The number of hydrogen-bond acceptors (Lipinski definition) is 2. The topological polar surface area (TPSA) is 26.3 Å². The zero-order valence-corrected chi connectivity index (χ0v) is 11.3. The molecule has 0 bridgehead atoms. The number of allylic oxidation sites excluding steroid dienone is 6. The Bertz CT molecular complexity index is 375. The summed E-state index contributed by atoms with van der Waals surface area (Å²) in [4.78, 5) is 11.1. The molecule has 1 aliphatic carbocycles. The normalized spacial score (nSPS) is 19.9. The molecule has 0 amide bonds. The van der Waals surface area contributed by atoms with Crippen LogP contribution in [0.2, 0.25) is 0 Å². The molecule has 1 aliphatic rings. The average Bonchev–Trinajstić information content (AvgIpc) is 2.58. The maximum atomic E-state index is 11.1. The highest BCUT2D eigenvalue weighted by atomic mass is 16.5. The fraction of sp³-hybridized carbons (Fsp3) is 0.438. The summed E-state index contributed by atoms with van der Waals surface area (Å²) in [5.74, 6) is 0.498. The van der Waals surface area contributed by atoms with E-state index in [9.17, 15) is 4.79 Å². The third-order valence-electron chi connectivity index (χ3n) is 2.92. The van der Waals surface area contributed by atoms with Gasteiger partial charge in [-0.05, 0) is 17.9 Å². The van der Waals surface area contributed by atoms with Crippen LogP contribution in [-0.4, -0.2) is 12.6 Å². The highest BCUT2D eigenvalue weighted by molar-refractivity contribution is 5.68. The van der Waals surface area contributed by atoms with Gasteiger partial charge in [-0.2, -0.15) is 0 Å². The van der Waals surface area contributed by atoms with E-state index in [2.05, 4.69) is 43.9 Å². The van der Waals surface area contributed by atoms with Gasteiger partial charge in [0, 0.05) is 12.3 Å². The molecule has 18 heavy (non-hydrogen) atoms. The lowest BCUT2D eigenvalue weighted by atomic mass is 9.99. The number of ether oxygens (including phenoxy) is 1. The lowest BCUT2D eigenvalue weighted by molar-refractivity contribution is -0.144. The molecule has 0 spiro atoms. The Balaban J connectivity index is 2.50.